The molecule has 2 heterocycles. The van der Waals surface area contributed by atoms with Gasteiger partial charge in [0.1, 0.15) is 6.10 Å². The predicted molar refractivity (Wildman–Crippen MR) is 125 cm³/mol. The van der Waals surface area contributed by atoms with Crippen molar-refractivity contribution in [1.82, 2.24) is 9.21 Å². The molecule has 0 amide bonds. The van der Waals surface area contributed by atoms with Crippen LogP contribution in [0.1, 0.15) is 48.8 Å². The first-order valence-electron chi connectivity index (χ1n) is 12.0. The minimum Gasteiger partial charge on any atom is -0.482 e. The first-order chi connectivity index (χ1) is 17.0. The summed E-state index contributed by atoms with van der Waals surface area (Å²) in [5, 5.41) is 0. The van der Waals surface area contributed by atoms with Crippen molar-refractivity contribution in [3.63, 3.8) is 0 Å². The van der Waals surface area contributed by atoms with Crippen molar-refractivity contribution in [2.75, 3.05) is 31.9 Å². The molecular weight excluding hydrogens is 503 g/mol. The molecule has 0 N–H and O–H groups in total. The van der Waals surface area contributed by atoms with Crippen LogP contribution >= 0.6 is 0 Å². The van der Waals surface area contributed by atoms with Gasteiger partial charge >= 0.3 is 6.18 Å². The van der Waals surface area contributed by atoms with E-state index in [0.29, 0.717) is 63.1 Å². The van der Waals surface area contributed by atoms with Crippen LogP contribution in [-0.4, -0.2) is 55.7 Å². The summed E-state index contributed by atoms with van der Waals surface area (Å²) < 4.78 is 99.0. The van der Waals surface area contributed by atoms with Crippen LogP contribution < -0.4 is 4.74 Å². The third-order valence-electron chi connectivity index (χ3n) is 6.70. The number of nitrogens with zero attached hydrogens (tertiary/aromatic N) is 2. The van der Waals surface area contributed by atoms with Gasteiger partial charge in [0.25, 0.3) is 0 Å². The highest BCUT2D eigenvalue weighted by atomic mass is 32.2. The Hall–Kier alpha value is -2.24. The Morgan fingerprint density at radius 2 is 1.58 bits per heavy atom. The number of likely N-dealkylation sites (tertiary alicyclic amines) is 1. The van der Waals surface area contributed by atoms with Gasteiger partial charge in [0.2, 0.25) is 10.0 Å². The fourth-order valence-electron chi connectivity index (χ4n) is 4.73. The standard InChI is InChI=1S/C25H29F5N2O3S/c1-2-11-36(33,34)32-9-7-18(8-10-32)19-12-22(26)24(23(27)13-19)35-21-15-31(16-21)14-17-3-5-20(6-4-17)25(28,29)30/h3-6,12-13,18,21H,2,7-11,14-16H2,1H3. The Kier molecular flexibility index (Phi) is 7.92. The molecule has 0 radical (unpaired) electrons. The van der Waals surface area contributed by atoms with Gasteiger partial charge in [-0.25, -0.2) is 21.5 Å². The van der Waals surface area contributed by atoms with E-state index in [9.17, 15) is 30.4 Å². The van der Waals surface area contributed by atoms with Crippen molar-refractivity contribution in [3.05, 3.63) is 64.7 Å². The fraction of sp³-hybridized carbons (Fsp3) is 0.520. The highest BCUT2D eigenvalue weighted by molar-refractivity contribution is 7.89. The van der Waals surface area contributed by atoms with E-state index in [-0.39, 0.29) is 11.7 Å². The quantitative estimate of drug-likeness (QED) is 0.441. The summed E-state index contributed by atoms with van der Waals surface area (Å²) in [6.07, 6.45) is -3.30. The zero-order valence-electron chi connectivity index (χ0n) is 19.9. The average Bonchev–Trinajstić information content (AvgIpc) is 2.79. The van der Waals surface area contributed by atoms with Gasteiger partial charge in [0, 0.05) is 32.7 Å². The topological polar surface area (TPSA) is 49.9 Å². The maximum absolute atomic E-state index is 14.8. The fourth-order valence-corrected chi connectivity index (χ4v) is 6.27. The summed E-state index contributed by atoms with van der Waals surface area (Å²) in [4.78, 5) is 1.91. The van der Waals surface area contributed by atoms with E-state index in [0.717, 1.165) is 12.1 Å². The molecule has 2 saturated heterocycles. The largest absolute Gasteiger partial charge is 0.482 e. The number of hydrogen-bond donors (Lipinski definition) is 0. The maximum Gasteiger partial charge on any atom is 0.416 e. The van der Waals surface area contributed by atoms with Crippen molar-refractivity contribution >= 4 is 10.0 Å². The van der Waals surface area contributed by atoms with Crippen molar-refractivity contribution in [2.24, 2.45) is 0 Å². The Morgan fingerprint density at radius 1 is 1.00 bits per heavy atom. The molecule has 5 nitrogen and oxygen atoms in total. The number of piperidine rings is 1. The van der Waals surface area contributed by atoms with Gasteiger partial charge in [0.05, 0.1) is 11.3 Å². The third-order valence-corrected chi connectivity index (χ3v) is 8.77. The number of halogens is 5. The Morgan fingerprint density at radius 3 is 2.11 bits per heavy atom. The van der Waals surface area contributed by atoms with Gasteiger partial charge in [0.15, 0.2) is 17.4 Å². The summed E-state index contributed by atoms with van der Waals surface area (Å²) in [5.74, 6) is -2.09. The van der Waals surface area contributed by atoms with Gasteiger partial charge in [-0.1, -0.05) is 19.1 Å². The monoisotopic (exact) mass is 532 g/mol. The summed E-state index contributed by atoms with van der Waals surface area (Å²) >= 11 is 0. The zero-order chi connectivity index (χ0) is 26.1. The molecule has 4 rings (SSSR count). The molecule has 0 aromatic heterocycles. The minimum absolute atomic E-state index is 0.0931. The van der Waals surface area contributed by atoms with Crippen LogP contribution in [0, 0.1) is 11.6 Å². The molecule has 11 heteroatoms. The molecule has 2 aromatic rings. The molecule has 0 aliphatic carbocycles. The number of benzene rings is 2. The number of hydrogen-bond acceptors (Lipinski definition) is 4. The van der Waals surface area contributed by atoms with E-state index in [1.54, 1.807) is 6.92 Å². The molecular formula is C25H29F5N2O3S. The highest BCUT2D eigenvalue weighted by Gasteiger charge is 2.33. The van der Waals surface area contributed by atoms with Crippen LogP contribution in [0.25, 0.3) is 0 Å². The van der Waals surface area contributed by atoms with E-state index >= 15 is 0 Å². The lowest BCUT2D eigenvalue weighted by atomic mass is 9.90. The summed E-state index contributed by atoms with van der Waals surface area (Å²) in [7, 11) is -3.29. The Balaban J connectivity index is 1.30. The van der Waals surface area contributed by atoms with Crippen LogP contribution in [0.2, 0.25) is 0 Å². The maximum atomic E-state index is 14.8. The molecule has 0 atom stereocenters. The average molecular weight is 533 g/mol. The molecule has 198 valence electrons. The van der Waals surface area contributed by atoms with Gasteiger partial charge in [-0.3, -0.25) is 4.90 Å². The lowest BCUT2D eigenvalue weighted by Gasteiger charge is -2.39. The van der Waals surface area contributed by atoms with Crippen molar-refractivity contribution in [2.45, 2.75) is 50.9 Å². The predicted octanol–water partition coefficient (Wildman–Crippen LogP) is 5.17. The first kappa shape index (κ1) is 26.8. The second kappa shape index (κ2) is 10.6. The zero-order valence-corrected chi connectivity index (χ0v) is 20.7. The second-order valence-corrected chi connectivity index (χ2v) is 11.5. The Labute approximate surface area is 207 Å². The van der Waals surface area contributed by atoms with Crippen molar-refractivity contribution in [3.8, 4) is 5.75 Å². The highest BCUT2D eigenvalue weighted by Crippen LogP contribution is 2.34. The van der Waals surface area contributed by atoms with Gasteiger partial charge in [-0.05, 0) is 60.6 Å². The van der Waals surface area contributed by atoms with Crippen LogP contribution in [-0.2, 0) is 22.7 Å². The molecule has 2 aromatic carbocycles. The van der Waals surface area contributed by atoms with Crippen molar-refractivity contribution < 1.29 is 35.1 Å². The van der Waals surface area contributed by atoms with E-state index in [4.69, 9.17) is 4.74 Å². The van der Waals surface area contributed by atoms with E-state index in [1.165, 1.54) is 28.6 Å². The molecule has 0 spiro atoms. The molecule has 2 fully saturated rings. The molecule has 0 saturated carbocycles. The number of sulfonamides is 1. The van der Waals surface area contributed by atoms with E-state index in [1.807, 2.05) is 4.90 Å². The SMILES string of the molecule is CCCS(=O)(=O)N1CCC(c2cc(F)c(OC3CN(Cc4ccc(C(F)(F)F)cc4)C3)c(F)c2)CC1. The minimum atomic E-state index is -4.38. The van der Waals surface area contributed by atoms with Crippen LogP contribution in [0.5, 0.6) is 5.75 Å². The molecule has 36 heavy (non-hydrogen) atoms. The lowest BCUT2D eigenvalue weighted by molar-refractivity contribution is -0.137. The van der Waals surface area contributed by atoms with Crippen LogP contribution in [0.4, 0.5) is 22.0 Å². The number of alkyl halides is 3. The molecule has 0 unspecified atom stereocenters. The third kappa shape index (κ3) is 6.18. The number of ether oxygens (including phenoxy) is 1. The van der Waals surface area contributed by atoms with Crippen molar-refractivity contribution in [1.29, 1.82) is 0 Å². The Bertz CT molecular complexity index is 1130. The lowest BCUT2D eigenvalue weighted by Crippen LogP contribution is -2.53. The first-order valence-corrected chi connectivity index (χ1v) is 13.6. The summed E-state index contributed by atoms with van der Waals surface area (Å²) in [6.45, 7) is 3.66. The second-order valence-electron chi connectivity index (χ2n) is 9.43. The van der Waals surface area contributed by atoms with E-state index < -0.39 is 45.3 Å². The van der Waals surface area contributed by atoms with Gasteiger partial charge in [-0.2, -0.15) is 13.2 Å². The molecule has 2 aliphatic rings. The van der Waals surface area contributed by atoms with Crippen LogP contribution in [0.3, 0.4) is 0 Å². The smallest absolute Gasteiger partial charge is 0.416 e. The summed E-state index contributed by atoms with van der Waals surface area (Å²) in [6, 6.07) is 7.42. The van der Waals surface area contributed by atoms with Crippen LogP contribution in [0.15, 0.2) is 36.4 Å². The number of rotatable bonds is 8. The molecule has 0 bridgehead atoms. The summed E-state index contributed by atoms with van der Waals surface area (Å²) in [5.41, 5.74) is 0.483. The van der Waals surface area contributed by atoms with Gasteiger partial charge in [-0.15, -0.1) is 0 Å². The van der Waals surface area contributed by atoms with Gasteiger partial charge < -0.3 is 4.74 Å². The molecule has 2 aliphatic heterocycles. The normalized spacial score (nSPS) is 18.8. The van der Waals surface area contributed by atoms with E-state index in [2.05, 4.69) is 0 Å².